The number of fused-ring (bicyclic) bond motifs is 1. The summed E-state index contributed by atoms with van der Waals surface area (Å²) < 4.78 is 0. The zero-order valence-electron chi connectivity index (χ0n) is 10.0. The van der Waals surface area contributed by atoms with Crippen molar-refractivity contribution in [3.63, 3.8) is 0 Å². The fourth-order valence-electron chi connectivity index (χ4n) is 2.17. The van der Waals surface area contributed by atoms with E-state index in [1.165, 1.54) is 5.56 Å². The number of H-pyrrole nitrogens is 1. The van der Waals surface area contributed by atoms with E-state index in [1.54, 1.807) is 23.1 Å². The maximum absolute atomic E-state index is 11.5. The van der Waals surface area contributed by atoms with Gasteiger partial charge in [0, 0.05) is 22.4 Å². The zero-order valence-corrected chi connectivity index (χ0v) is 11.7. The average molecular weight is 279 g/mol. The maximum Gasteiger partial charge on any atom is 0.346 e. The molecule has 4 nitrogen and oxygen atoms in total. The molecule has 0 atom stereocenters. The van der Waals surface area contributed by atoms with Crippen LogP contribution in [0, 0.1) is 6.92 Å². The molecule has 6 heteroatoms. The fraction of sp³-hybridized carbons (Fsp3) is 0.417. The third-order valence-electron chi connectivity index (χ3n) is 2.96. The van der Waals surface area contributed by atoms with Crippen molar-refractivity contribution in [1.29, 1.82) is 0 Å². The molecule has 0 saturated carbocycles. The molecule has 0 aromatic carbocycles. The first kappa shape index (κ1) is 11.9. The van der Waals surface area contributed by atoms with Crippen LogP contribution in [0.25, 0.3) is 0 Å². The highest BCUT2D eigenvalue weighted by Gasteiger charge is 2.18. The first-order chi connectivity index (χ1) is 8.72. The molecule has 1 aliphatic rings. The second kappa shape index (κ2) is 4.85. The summed E-state index contributed by atoms with van der Waals surface area (Å²) in [6.07, 6.45) is 3.11. The van der Waals surface area contributed by atoms with Gasteiger partial charge in [0.1, 0.15) is 5.03 Å². The Balaban J connectivity index is 1.83. The van der Waals surface area contributed by atoms with Gasteiger partial charge in [0.25, 0.3) is 0 Å². The molecule has 0 aliphatic heterocycles. The lowest BCUT2D eigenvalue weighted by Gasteiger charge is -2.04. The van der Waals surface area contributed by atoms with E-state index in [0.29, 0.717) is 0 Å². The van der Waals surface area contributed by atoms with Gasteiger partial charge < -0.3 is 4.98 Å². The van der Waals surface area contributed by atoms with Gasteiger partial charge in [-0.2, -0.15) is 4.98 Å². The van der Waals surface area contributed by atoms with Crippen molar-refractivity contribution in [3.05, 3.63) is 37.8 Å². The predicted octanol–water partition coefficient (Wildman–Crippen LogP) is 2.32. The van der Waals surface area contributed by atoms with Gasteiger partial charge in [0.05, 0.1) is 10.7 Å². The molecule has 0 unspecified atom stereocenters. The second-order valence-corrected chi connectivity index (χ2v) is 6.33. The van der Waals surface area contributed by atoms with Crippen LogP contribution in [0.2, 0.25) is 0 Å². The summed E-state index contributed by atoms with van der Waals surface area (Å²) in [7, 11) is 0. The van der Waals surface area contributed by atoms with E-state index < -0.39 is 0 Å². The van der Waals surface area contributed by atoms with E-state index in [-0.39, 0.29) is 5.69 Å². The van der Waals surface area contributed by atoms with E-state index in [2.05, 4.69) is 20.3 Å². The van der Waals surface area contributed by atoms with Gasteiger partial charge in [-0.1, -0.05) is 11.8 Å². The van der Waals surface area contributed by atoms with E-state index >= 15 is 0 Å². The number of aryl methyl sites for hydroxylation is 2. The summed E-state index contributed by atoms with van der Waals surface area (Å²) in [6, 6.07) is 0. The van der Waals surface area contributed by atoms with Crippen LogP contribution < -0.4 is 5.69 Å². The summed E-state index contributed by atoms with van der Waals surface area (Å²) in [6.45, 7) is 2.00. The smallest absolute Gasteiger partial charge is 0.309 e. The number of nitrogens with zero attached hydrogens (tertiary/aromatic N) is 2. The summed E-state index contributed by atoms with van der Waals surface area (Å²) in [4.78, 5) is 22.8. The minimum atomic E-state index is -0.229. The number of thiazole rings is 1. The van der Waals surface area contributed by atoms with E-state index in [9.17, 15) is 4.79 Å². The van der Waals surface area contributed by atoms with Crippen LogP contribution in [0.3, 0.4) is 0 Å². The molecule has 0 amide bonds. The first-order valence-corrected chi connectivity index (χ1v) is 7.75. The number of nitrogens with one attached hydrogen (secondary N) is 1. The molecule has 1 N–H and O–H groups in total. The molecule has 3 rings (SSSR count). The van der Waals surface area contributed by atoms with Crippen molar-refractivity contribution < 1.29 is 0 Å². The third kappa shape index (κ3) is 2.35. The van der Waals surface area contributed by atoms with E-state index in [4.69, 9.17) is 0 Å². The van der Waals surface area contributed by atoms with Crippen molar-refractivity contribution in [2.75, 3.05) is 0 Å². The summed E-state index contributed by atoms with van der Waals surface area (Å²) in [5.74, 6) is 0.785. The molecule has 94 valence electrons. The molecular formula is C12H13N3OS2. The van der Waals surface area contributed by atoms with Crippen LogP contribution in [0.5, 0.6) is 0 Å². The predicted molar refractivity (Wildman–Crippen MR) is 73.3 cm³/mol. The molecule has 18 heavy (non-hydrogen) atoms. The molecule has 0 fully saturated rings. The second-order valence-electron chi connectivity index (χ2n) is 4.30. The average Bonchev–Trinajstić information content (AvgIpc) is 2.94. The van der Waals surface area contributed by atoms with Crippen molar-refractivity contribution in [1.82, 2.24) is 15.0 Å². The molecule has 0 saturated heterocycles. The number of hydrogen-bond donors (Lipinski definition) is 1. The minimum Gasteiger partial charge on any atom is -0.309 e. The Hall–Kier alpha value is -1.14. The van der Waals surface area contributed by atoms with Crippen LogP contribution in [-0.4, -0.2) is 15.0 Å². The Morgan fingerprint density at radius 2 is 2.33 bits per heavy atom. The number of hydrogen-bond acceptors (Lipinski definition) is 5. The topological polar surface area (TPSA) is 58.6 Å². The van der Waals surface area contributed by atoms with Gasteiger partial charge >= 0.3 is 5.69 Å². The molecule has 2 heterocycles. The maximum atomic E-state index is 11.5. The number of thioether (sulfide) groups is 1. The van der Waals surface area contributed by atoms with Crippen LogP contribution in [0.4, 0.5) is 0 Å². The van der Waals surface area contributed by atoms with Crippen molar-refractivity contribution in [2.24, 2.45) is 0 Å². The Labute approximate surface area is 113 Å². The van der Waals surface area contributed by atoms with Crippen molar-refractivity contribution in [2.45, 2.75) is 37.0 Å². The van der Waals surface area contributed by atoms with Crippen LogP contribution >= 0.6 is 23.1 Å². The highest BCUT2D eigenvalue weighted by atomic mass is 32.2. The Bertz CT molecular complexity index is 632. The molecular weight excluding hydrogens is 266 g/mol. The first-order valence-electron chi connectivity index (χ1n) is 5.88. The van der Waals surface area contributed by atoms with Gasteiger partial charge in [0.2, 0.25) is 0 Å². The lowest BCUT2D eigenvalue weighted by molar-refractivity contribution is 0.895. The monoisotopic (exact) mass is 279 g/mol. The third-order valence-corrected chi connectivity index (χ3v) is 4.83. The Morgan fingerprint density at radius 1 is 1.44 bits per heavy atom. The molecule has 2 aromatic heterocycles. The molecule has 2 aromatic rings. The minimum absolute atomic E-state index is 0.229. The normalized spacial score (nSPS) is 13.8. The summed E-state index contributed by atoms with van der Waals surface area (Å²) in [5.41, 5.74) is 3.14. The van der Waals surface area contributed by atoms with Gasteiger partial charge in [-0.05, 0) is 26.2 Å². The lowest BCUT2D eigenvalue weighted by Crippen LogP contribution is -2.14. The van der Waals surface area contributed by atoms with E-state index in [1.807, 2.05) is 6.92 Å². The SMILES string of the molecule is Cc1nc(CSc2nc(=O)[nH]c3c2CCC3)cs1. The Morgan fingerprint density at radius 3 is 3.11 bits per heavy atom. The molecule has 0 bridgehead atoms. The Kier molecular flexibility index (Phi) is 3.22. The summed E-state index contributed by atoms with van der Waals surface area (Å²) in [5, 5.41) is 4.03. The molecule has 0 radical (unpaired) electrons. The van der Waals surface area contributed by atoms with Gasteiger partial charge in [-0.15, -0.1) is 11.3 Å². The van der Waals surface area contributed by atoms with E-state index in [0.717, 1.165) is 46.4 Å². The highest BCUT2D eigenvalue weighted by Crippen LogP contribution is 2.29. The largest absolute Gasteiger partial charge is 0.346 e. The molecule has 0 spiro atoms. The van der Waals surface area contributed by atoms with Crippen molar-refractivity contribution in [3.8, 4) is 0 Å². The lowest BCUT2D eigenvalue weighted by atomic mass is 10.3. The number of rotatable bonds is 3. The van der Waals surface area contributed by atoms with Crippen LogP contribution in [0.1, 0.15) is 28.4 Å². The van der Waals surface area contributed by atoms with Crippen LogP contribution in [0.15, 0.2) is 15.2 Å². The summed E-state index contributed by atoms with van der Waals surface area (Å²) >= 11 is 3.27. The number of aromatic amines is 1. The standard InChI is InChI=1S/C12H13N3OS2/c1-7-13-8(5-17-7)6-18-11-9-3-2-4-10(9)14-12(16)15-11/h5H,2-4,6H2,1H3,(H,14,15,16). The quantitative estimate of drug-likeness (QED) is 0.692. The number of aromatic nitrogens is 3. The fourth-order valence-corrected chi connectivity index (χ4v) is 3.87. The van der Waals surface area contributed by atoms with Gasteiger partial charge in [0.15, 0.2) is 0 Å². The highest BCUT2D eigenvalue weighted by molar-refractivity contribution is 7.98. The van der Waals surface area contributed by atoms with Gasteiger partial charge in [-0.3, -0.25) is 0 Å². The van der Waals surface area contributed by atoms with Gasteiger partial charge in [-0.25, -0.2) is 9.78 Å². The zero-order chi connectivity index (χ0) is 12.5. The van der Waals surface area contributed by atoms with Crippen molar-refractivity contribution >= 4 is 23.1 Å². The molecule has 1 aliphatic carbocycles. The van der Waals surface area contributed by atoms with Crippen LogP contribution in [-0.2, 0) is 18.6 Å².